The molecule has 4 heteroatoms. The number of hydrogen-bond donors (Lipinski definition) is 2. The SMILES string of the molecule is Cc1ccc(C(=O)N[C@H](C(=O)O)C(C)C)cc1C. The molecule has 0 fully saturated rings. The normalized spacial score (nSPS) is 12.3. The first-order valence-electron chi connectivity index (χ1n) is 5.94. The van der Waals surface area contributed by atoms with Crippen molar-refractivity contribution in [3.63, 3.8) is 0 Å². The summed E-state index contributed by atoms with van der Waals surface area (Å²) >= 11 is 0. The second-order valence-electron chi connectivity index (χ2n) is 4.83. The lowest BCUT2D eigenvalue weighted by Gasteiger charge is -2.18. The predicted molar refractivity (Wildman–Crippen MR) is 69.6 cm³/mol. The van der Waals surface area contributed by atoms with Crippen molar-refractivity contribution in [3.8, 4) is 0 Å². The molecule has 0 radical (unpaired) electrons. The number of hydrogen-bond acceptors (Lipinski definition) is 2. The van der Waals surface area contributed by atoms with Crippen molar-refractivity contribution >= 4 is 11.9 Å². The highest BCUT2D eigenvalue weighted by Crippen LogP contribution is 2.11. The van der Waals surface area contributed by atoms with Crippen LogP contribution in [0, 0.1) is 19.8 Å². The van der Waals surface area contributed by atoms with Crippen LogP contribution in [0.1, 0.15) is 35.3 Å². The summed E-state index contributed by atoms with van der Waals surface area (Å²) in [5.41, 5.74) is 2.61. The number of carboxylic acids is 1. The second kappa shape index (κ2) is 5.67. The Morgan fingerprint density at radius 2 is 1.78 bits per heavy atom. The number of amides is 1. The van der Waals surface area contributed by atoms with E-state index in [1.165, 1.54) is 0 Å². The smallest absolute Gasteiger partial charge is 0.326 e. The van der Waals surface area contributed by atoms with E-state index in [2.05, 4.69) is 5.32 Å². The maximum atomic E-state index is 12.0. The van der Waals surface area contributed by atoms with Gasteiger partial charge in [0.1, 0.15) is 6.04 Å². The van der Waals surface area contributed by atoms with Crippen LogP contribution in [0.3, 0.4) is 0 Å². The fraction of sp³-hybridized carbons (Fsp3) is 0.429. The van der Waals surface area contributed by atoms with Crippen LogP contribution in [0.25, 0.3) is 0 Å². The summed E-state index contributed by atoms with van der Waals surface area (Å²) < 4.78 is 0. The molecule has 1 atom stereocenters. The van der Waals surface area contributed by atoms with Crippen molar-refractivity contribution < 1.29 is 14.7 Å². The van der Waals surface area contributed by atoms with Crippen LogP contribution in [0.2, 0.25) is 0 Å². The van der Waals surface area contributed by atoms with Gasteiger partial charge < -0.3 is 10.4 Å². The molecule has 0 aliphatic rings. The summed E-state index contributed by atoms with van der Waals surface area (Å²) in [7, 11) is 0. The standard InChI is InChI=1S/C14H19NO3/c1-8(2)12(14(17)18)15-13(16)11-6-5-9(3)10(4)7-11/h5-8,12H,1-4H3,(H,15,16)(H,17,18)/t12-/m0/s1. The zero-order chi connectivity index (χ0) is 13.9. The molecule has 0 spiro atoms. The number of benzene rings is 1. The Labute approximate surface area is 107 Å². The molecule has 0 aromatic heterocycles. The molecule has 18 heavy (non-hydrogen) atoms. The van der Waals surface area contributed by atoms with E-state index in [-0.39, 0.29) is 11.8 Å². The molecule has 0 aliphatic heterocycles. The molecule has 0 saturated carbocycles. The lowest BCUT2D eigenvalue weighted by atomic mass is 10.0. The van der Waals surface area contributed by atoms with Crippen LogP contribution < -0.4 is 5.32 Å². The van der Waals surface area contributed by atoms with Crippen molar-refractivity contribution in [1.29, 1.82) is 0 Å². The molecule has 2 N–H and O–H groups in total. The molecule has 0 unspecified atom stereocenters. The number of aliphatic carboxylic acids is 1. The number of aryl methyl sites for hydroxylation is 2. The number of carbonyl (C=O) groups excluding carboxylic acids is 1. The largest absolute Gasteiger partial charge is 0.480 e. The van der Waals surface area contributed by atoms with Gasteiger partial charge in [0.25, 0.3) is 5.91 Å². The molecule has 1 aromatic rings. The van der Waals surface area contributed by atoms with Crippen molar-refractivity contribution in [2.45, 2.75) is 33.7 Å². The van der Waals surface area contributed by atoms with E-state index in [9.17, 15) is 9.59 Å². The van der Waals surface area contributed by atoms with Gasteiger partial charge in [-0.2, -0.15) is 0 Å². The molecule has 0 aliphatic carbocycles. The number of carbonyl (C=O) groups is 2. The number of carboxylic acid groups (broad SMARTS) is 1. The van der Waals surface area contributed by atoms with Crippen molar-refractivity contribution in [2.24, 2.45) is 5.92 Å². The van der Waals surface area contributed by atoms with E-state index in [4.69, 9.17) is 5.11 Å². The van der Waals surface area contributed by atoms with Gasteiger partial charge in [-0.15, -0.1) is 0 Å². The fourth-order valence-electron chi connectivity index (χ4n) is 1.62. The van der Waals surface area contributed by atoms with Gasteiger partial charge in [0.2, 0.25) is 0 Å². The molecular formula is C14H19NO3. The Hall–Kier alpha value is -1.84. The summed E-state index contributed by atoms with van der Waals surface area (Å²) in [4.78, 5) is 23.0. The molecule has 1 aromatic carbocycles. The molecule has 0 bridgehead atoms. The summed E-state index contributed by atoms with van der Waals surface area (Å²) in [5, 5.41) is 11.6. The first kappa shape index (κ1) is 14.2. The van der Waals surface area contributed by atoms with Crippen molar-refractivity contribution in [1.82, 2.24) is 5.32 Å². The average molecular weight is 249 g/mol. The monoisotopic (exact) mass is 249 g/mol. The quantitative estimate of drug-likeness (QED) is 0.859. The van der Waals surface area contributed by atoms with E-state index < -0.39 is 12.0 Å². The van der Waals surface area contributed by atoms with Gasteiger partial charge >= 0.3 is 5.97 Å². The molecular weight excluding hydrogens is 230 g/mol. The van der Waals surface area contributed by atoms with Gasteiger partial charge in [0, 0.05) is 5.56 Å². The van der Waals surface area contributed by atoms with Crippen LogP contribution in [0.4, 0.5) is 0 Å². The minimum absolute atomic E-state index is 0.155. The Morgan fingerprint density at radius 3 is 2.22 bits per heavy atom. The Morgan fingerprint density at radius 1 is 1.17 bits per heavy atom. The lowest BCUT2D eigenvalue weighted by molar-refractivity contribution is -0.140. The second-order valence-corrected chi connectivity index (χ2v) is 4.83. The summed E-state index contributed by atoms with van der Waals surface area (Å²) in [5.74, 6) is -1.51. The minimum atomic E-state index is -1.01. The Kier molecular flexibility index (Phi) is 4.48. The molecule has 4 nitrogen and oxygen atoms in total. The topological polar surface area (TPSA) is 66.4 Å². The summed E-state index contributed by atoms with van der Waals surface area (Å²) in [6, 6.07) is 4.47. The predicted octanol–water partition coefficient (Wildman–Crippen LogP) is 2.14. The molecule has 1 rings (SSSR count). The van der Waals surface area contributed by atoms with Gasteiger partial charge in [-0.05, 0) is 43.0 Å². The van der Waals surface area contributed by atoms with Gasteiger partial charge in [-0.3, -0.25) is 4.79 Å². The fourth-order valence-corrected chi connectivity index (χ4v) is 1.62. The van der Waals surface area contributed by atoms with Crippen LogP contribution >= 0.6 is 0 Å². The number of rotatable bonds is 4. The first-order valence-corrected chi connectivity index (χ1v) is 5.94. The third-order valence-corrected chi connectivity index (χ3v) is 2.99. The van der Waals surface area contributed by atoms with E-state index in [1.54, 1.807) is 26.0 Å². The van der Waals surface area contributed by atoms with Crippen LogP contribution in [-0.2, 0) is 4.79 Å². The molecule has 0 saturated heterocycles. The average Bonchev–Trinajstić information content (AvgIpc) is 2.28. The Bertz CT molecular complexity index is 466. The maximum Gasteiger partial charge on any atom is 0.326 e. The molecule has 1 amide bonds. The third-order valence-electron chi connectivity index (χ3n) is 2.99. The van der Waals surface area contributed by atoms with Gasteiger partial charge in [-0.25, -0.2) is 4.79 Å². The van der Waals surface area contributed by atoms with Gasteiger partial charge in [0.15, 0.2) is 0 Å². The molecule has 0 heterocycles. The zero-order valence-electron chi connectivity index (χ0n) is 11.2. The van der Waals surface area contributed by atoms with E-state index >= 15 is 0 Å². The summed E-state index contributed by atoms with van der Waals surface area (Å²) in [6.07, 6.45) is 0. The van der Waals surface area contributed by atoms with Crippen LogP contribution in [0.15, 0.2) is 18.2 Å². The Balaban J connectivity index is 2.87. The van der Waals surface area contributed by atoms with Gasteiger partial charge in [0.05, 0.1) is 0 Å². The molecule has 98 valence electrons. The first-order chi connectivity index (χ1) is 8.32. The van der Waals surface area contributed by atoms with E-state index in [0.29, 0.717) is 5.56 Å². The van der Waals surface area contributed by atoms with Crippen molar-refractivity contribution in [3.05, 3.63) is 34.9 Å². The lowest BCUT2D eigenvalue weighted by Crippen LogP contribution is -2.44. The van der Waals surface area contributed by atoms with Crippen LogP contribution in [0.5, 0.6) is 0 Å². The third kappa shape index (κ3) is 3.32. The summed E-state index contributed by atoms with van der Waals surface area (Å²) in [6.45, 7) is 7.41. The van der Waals surface area contributed by atoms with E-state index in [0.717, 1.165) is 11.1 Å². The highest BCUT2D eigenvalue weighted by Gasteiger charge is 2.23. The highest BCUT2D eigenvalue weighted by atomic mass is 16.4. The zero-order valence-corrected chi connectivity index (χ0v) is 11.2. The highest BCUT2D eigenvalue weighted by molar-refractivity contribution is 5.96. The van der Waals surface area contributed by atoms with Crippen molar-refractivity contribution in [2.75, 3.05) is 0 Å². The number of nitrogens with one attached hydrogen (secondary N) is 1. The minimum Gasteiger partial charge on any atom is -0.480 e. The van der Waals surface area contributed by atoms with Crippen LogP contribution in [-0.4, -0.2) is 23.0 Å². The maximum absolute atomic E-state index is 12.0. The van der Waals surface area contributed by atoms with E-state index in [1.807, 2.05) is 19.9 Å². The van der Waals surface area contributed by atoms with Gasteiger partial charge in [-0.1, -0.05) is 19.9 Å².